The van der Waals surface area contributed by atoms with E-state index in [4.69, 9.17) is 0 Å². The number of benzene rings is 3. The van der Waals surface area contributed by atoms with Crippen LogP contribution in [0.25, 0.3) is 10.8 Å². The summed E-state index contributed by atoms with van der Waals surface area (Å²) in [6.45, 7) is 0.895. The summed E-state index contributed by atoms with van der Waals surface area (Å²) < 4.78 is 22.9. The number of rotatable bonds is 6. The highest BCUT2D eigenvalue weighted by Crippen LogP contribution is 2.17. The number of anilines is 1. The fourth-order valence-corrected chi connectivity index (χ4v) is 3.57. The van der Waals surface area contributed by atoms with E-state index in [2.05, 4.69) is 35.6 Å². The van der Waals surface area contributed by atoms with Crippen LogP contribution in [-0.4, -0.2) is 39.1 Å². The molecule has 0 bridgehead atoms. The molecule has 140 valence electrons. The van der Waals surface area contributed by atoms with Crippen LogP contribution in [0.15, 0.2) is 71.6 Å². The molecule has 0 fully saturated rings. The maximum absolute atomic E-state index is 12.2. The molecule has 0 aromatic heterocycles. The lowest BCUT2D eigenvalue weighted by Gasteiger charge is -2.17. The largest absolute Gasteiger partial charge is 0.325 e. The van der Waals surface area contributed by atoms with Crippen LogP contribution in [0, 0.1) is 0 Å². The molecule has 27 heavy (non-hydrogen) atoms. The number of amides is 1. The van der Waals surface area contributed by atoms with Crippen LogP contribution in [0.2, 0.25) is 0 Å². The molecule has 0 aliphatic rings. The molecule has 0 radical (unpaired) electrons. The molecule has 6 heteroatoms. The van der Waals surface area contributed by atoms with Crippen LogP contribution in [-0.2, 0) is 21.2 Å². The topological polar surface area (TPSA) is 66.5 Å². The van der Waals surface area contributed by atoms with Crippen LogP contribution in [0.5, 0.6) is 0 Å². The normalized spacial score (nSPS) is 11.7. The molecule has 0 saturated heterocycles. The van der Waals surface area contributed by atoms with E-state index in [1.807, 2.05) is 24.1 Å². The van der Waals surface area contributed by atoms with Gasteiger partial charge in [0.05, 0.1) is 11.4 Å². The van der Waals surface area contributed by atoms with E-state index < -0.39 is 9.84 Å². The first-order valence-electron chi connectivity index (χ1n) is 8.57. The summed E-state index contributed by atoms with van der Waals surface area (Å²) in [6, 6.07) is 20.6. The monoisotopic (exact) mass is 382 g/mol. The Kier molecular flexibility index (Phi) is 5.58. The summed E-state index contributed by atoms with van der Waals surface area (Å²) >= 11 is 0. The third-order valence-electron chi connectivity index (χ3n) is 4.25. The van der Waals surface area contributed by atoms with Gasteiger partial charge in [0.25, 0.3) is 0 Å². The molecular weight excluding hydrogens is 360 g/mol. The highest BCUT2D eigenvalue weighted by atomic mass is 32.2. The van der Waals surface area contributed by atoms with Crippen LogP contribution in [0.3, 0.4) is 0 Å². The lowest BCUT2D eigenvalue weighted by atomic mass is 10.1. The lowest BCUT2D eigenvalue weighted by molar-refractivity contribution is -0.117. The molecule has 0 aliphatic heterocycles. The summed E-state index contributed by atoms with van der Waals surface area (Å²) in [7, 11) is -1.35. The van der Waals surface area contributed by atoms with E-state index in [0.29, 0.717) is 12.2 Å². The molecule has 3 rings (SSSR count). The molecule has 5 nitrogen and oxygen atoms in total. The number of sulfone groups is 1. The number of hydrogen-bond acceptors (Lipinski definition) is 4. The van der Waals surface area contributed by atoms with Crippen molar-refractivity contribution < 1.29 is 13.2 Å². The van der Waals surface area contributed by atoms with E-state index in [1.165, 1.54) is 22.9 Å². The Bertz CT molecular complexity index is 1060. The maximum Gasteiger partial charge on any atom is 0.238 e. The van der Waals surface area contributed by atoms with E-state index in [1.54, 1.807) is 12.1 Å². The lowest BCUT2D eigenvalue weighted by Crippen LogP contribution is -2.29. The van der Waals surface area contributed by atoms with Gasteiger partial charge in [0.2, 0.25) is 5.91 Å². The minimum absolute atomic E-state index is 0.148. The van der Waals surface area contributed by atoms with E-state index in [9.17, 15) is 13.2 Å². The zero-order valence-corrected chi connectivity index (χ0v) is 16.2. The Hall–Kier alpha value is -2.70. The van der Waals surface area contributed by atoms with Gasteiger partial charge in [-0.25, -0.2) is 8.42 Å². The van der Waals surface area contributed by atoms with Crippen molar-refractivity contribution in [3.05, 3.63) is 72.3 Å². The fourth-order valence-electron chi connectivity index (χ4n) is 2.94. The molecule has 3 aromatic carbocycles. The van der Waals surface area contributed by atoms with Crippen LogP contribution in [0.1, 0.15) is 5.56 Å². The van der Waals surface area contributed by atoms with Gasteiger partial charge >= 0.3 is 0 Å². The molecule has 0 atom stereocenters. The van der Waals surface area contributed by atoms with Gasteiger partial charge in [-0.05, 0) is 53.7 Å². The summed E-state index contributed by atoms with van der Waals surface area (Å²) in [4.78, 5) is 14.4. The van der Waals surface area contributed by atoms with E-state index >= 15 is 0 Å². The van der Waals surface area contributed by atoms with Crippen molar-refractivity contribution in [1.29, 1.82) is 0 Å². The zero-order chi connectivity index (χ0) is 19.4. The Morgan fingerprint density at radius 3 is 2.30 bits per heavy atom. The average molecular weight is 382 g/mol. The minimum Gasteiger partial charge on any atom is -0.325 e. The van der Waals surface area contributed by atoms with Gasteiger partial charge in [0.15, 0.2) is 9.84 Å². The zero-order valence-electron chi connectivity index (χ0n) is 15.3. The van der Waals surface area contributed by atoms with Gasteiger partial charge in [-0.2, -0.15) is 0 Å². The Labute approximate surface area is 159 Å². The highest BCUT2D eigenvalue weighted by molar-refractivity contribution is 7.90. The van der Waals surface area contributed by atoms with Crippen LogP contribution in [0.4, 0.5) is 5.69 Å². The van der Waals surface area contributed by atoms with Crippen molar-refractivity contribution >= 4 is 32.2 Å². The Balaban J connectivity index is 1.58. The van der Waals surface area contributed by atoms with Gasteiger partial charge in [-0.15, -0.1) is 0 Å². The highest BCUT2D eigenvalue weighted by Gasteiger charge is 2.10. The molecule has 0 spiro atoms. The quantitative estimate of drug-likeness (QED) is 0.710. The third kappa shape index (κ3) is 5.15. The van der Waals surface area contributed by atoms with Gasteiger partial charge in [-0.3, -0.25) is 9.69 Å². The minimum atomic E-state index is -3.24. The Morgan fingerprint density at radius 1 is 0.963 bits per heavy atom. The first-order chi connectivity index (χ1) is 12.8. The molecule has 0 aliphatic carbocycles. The molecular formula is C21H22N2O3S. The number of nitrogens with zero attached hydrogens (tertiary/aromatic N) is 1. The number of fused-ring (bicyclic) bond motifs is 1. The van der Waals surface area contributed by atoms with Crippen molar-refractivity contribution in [3.8, 4) is 0 Å². The molecule has 1 N–H and O–H groups in total. The van der Waals surface area contributed by atoms with Gasteiger partial charge in [0, 0.05) is 18.5 Å². The standard InChI is InChI=1S/C21H22N2O3S/c1-23(14-16-7-8-17-5-3-4-6-18(17)13-16)15-21(24)22-19-9-11-20(12-10-19)27(2,25)26/h3-13H,14-15H2,1-2H3,(H,22,24). The van der Waals surface area contributed by atoms with Crippen molar-refractivity contribution in [2.24, 2.45) is 0 Å². The third-order valence-corrected chi connectivity index (χ3v) is 5.37. The van der Waals surface area contributed by atoms with Crippen LogP contribution >= 0.6 is 0 Å². The second-order valence-electron chi connectivity index (χ2n) is 6.70. The van der Waals surface area contributed by atoms with Crippen molar-refractivity contribution in [1.82, 2.24) is 4.90 Å². The van der Waals surface area contributed by atoms with E-state index in [0.717, 1.165) is 11.8 Å². The van der Waals surface area contributed by atoms with Gasteiger partial charge < -0.3 is 5.32 Å². The van der Waals surface area contributed by atoms with Crippen molar-refractivity contribution in [3.63, 3.8) is 0 Å². The average Bonchev–Trinajstić information content (AvgIpc) is 2.61. The summed E-state index contributed by atoms with van der Waals surface area (Å²) in [6.07, 6.45) is 1.16. The van der Waals surface area contributed by atoms with Crippen molar-refractivity contribution in [2.75, 3.05) is 25.2 Å². The van der Waals surface area contributed by atoms with Crippen molar-refractivity contribution in [2.45, 2.75) is 11.4 Å². The number of nitrogens with one attached hydrogen (secondary N) is 1. The first kappa shape index (κ1) is 19.1. The second kappa shape index (κ2) is 7.90. The van der Waals surface area contributed by atoms with Crippen LogP contribution < -0.4 is 5.32 Å². The maximum atomic E-state index is 12.2. The SMILES string of the molecule is CN(CC(=O)Nc1ccc(S(C)(=O)=O)cc1)Cc1ccc2ccccc2c1. The van der Waals surface area contributed by atoms with E-state index in [-0.39, 0.29) is 17.3 Å². The molecule has 0 unspecified atom stereocenters. The molecule has 3 aromatic rings. The predicted molar refractivity (Wildman–Crippen MR) is 108 cm³/mol. The van der Waals surface area contributed by atoms with Gasteiger partial charge in [0.1, 0.15) is 0 Å². The Morgan fingerprint density at radius 2 is 1.63 bits per heavy atom. The number of carbonyl (C=O) groups excluding carboxylic acids is 1. The number of likely N-dealkylation sites (N-methyl/N-ethyl adjacent to an activating group) is 1. The van der Waals surface area contributed by atoms with Gasteiger partial charge in [-0.1, -0.05) is 36.4 Å². The summed E-state index contributed by atoms with van der Waals surface area (Å²) in [5.74, 6) is -0.148. The number of carbonyl (C=O) groups is 1. The summed E-state index contributed by atoms with van der Waals surface area (Å²) in [5.41, 5.74) is 1.72. The smallest absolute Gasteiger partial charge is 0.238 e. The summed E-state index contributed by atoms with van der Waals surface area (Å²) in [5, 5.41) is 5.16. The first-order valence-corrected chi connectivity index (χ1v) is 10.5. The fraction of sp³-hybridized carbons (Fsp3) is 0.190. The second-order valence-corrected chi connectivity index (χ2v) is 8.71. The molecule has 0 heterocycles. The number of hydrogen-bond donors (Lipinski definition) is 1. The predicted octanol–water partition coefficient (Wildman–Crippen LogP) is 3.31. The molecule has 1 amide bonds. The molecule has 0 saturated carbocycles.